The maximum Gasteiger partial charge on any atom is 0.325 e. The first-order valence-corrected chi connectivity index (χ1v) is 7.91. The molecule has 0 saturated heterocycles. The molecule has 0 radical (unpaired) electrons. The quantitative estimate of drug-likeness (QED) is 0.773. The van der Waals surface area contributed by atoms with E-state index in [0.29, 0.717) is 10.6 Å². The van der Waals surface area contributed by atoms with E-state index < -0.39 is 11.9 Å². The Morgan fingerprint density at radius 1 is 1.13 bits per heavy atom. The molecule has 0 aliphatic heterocycles. The minimum atomic E-state index is -0.658. The number of hydrogen-bond acceptors (Lipinski definition) is 4. The van der Waals surface area contributed by atoms with Gasteiger partial charge in [-0.15, -0.1) is 0 Å². The van der Waals surface area contributed by atoms with Crippen LogP contribution in [0.25, 0.3) is 0 Å². The highest BCUT2D eigenvalue weighted by atomic mass is 35.5. The van der Waals surface area contributed by atoms with Crippen molar-refractivity contribution < 1.29 is 19.1 Å². The van der Waals surface area contributed by atoms with Gasteiger partial charge in [0, 0.05) is 16.6 Å². The van der Waals surface area contributed by atoms with Crippen LogP contribution in [0.5, 0.6) is 0 Å². The van der Waals surface area contributed by atoms with E-state index in [-0.39, 0.29) is 25.1 Å². The smallest absolute Gasteiger partial charge is 0.325 e. The van der Waals surface area contributed by atoms with Gasteiger partial charge in [-0.3, -0.25) is 14.4 Å². The van der Waals surface area contributed by atoms with Crippen molar-refractivity contribution in [1.29, 1.82) is 0 Å². The van der Waals surface area contributed by atoms with Gasteiger partial charge < -0.3 is 15.4 Å². The molecular formula is C16H19ClN2O4. The van der Waals surface area contributed by atoms with E-state index >= 15 is 0 Å². The van der Waals surface area contributed by atoms with Crippen molar-refractivity contribution in [3.63, 3.8) is 0 Å². The van der Waals surface area contributed by atoms with Gasteiger partial charge in [0.05, 0.1) is 0 Å². The Hall–Kier alpha value is -2.08. The van der Waals surface area contributed by atoms with E-state index in [0.717, 1.165) is 25.7 Å². The highest BCUT2D eigenvalue weighted by Crippen LogP contribution is 2.17. The van der Waals surface area contributed by atoms with E-state index in [1.165, 1.54) is 0 Å². The standard InChI is InChI=1S/C16H19ClN2O4/c17-12-7-5-11(6-8-12)16(22)18-9-15(21)23-10-14(20)19-13-3-1-2-4-13/h5-8,13H,1-4,9-10H2,(H,18,22)(H,19,20). The first-order valence-electron chi connectivity index (χ1n) is 7.53. The lowest BCUT2D eigenvalue weighted by Gasteiger charge is -2.12. The molecule has 1 aromatic carbocycles. The molecule has 0 bridgehead atoms. The fraction of sp³-hybridized carbons (Fsp3) is 0.438. The van der Waals surface area contributed by atoms with Crippen molar-refractivity contribution in [3.05, 3.63) is 34.9 Å². The summed E-state index contributed by atoms with van der Waals surface area (Å²) >= 11 is 5.73. The molecule has 0 aromatic heterocycles. The van der Waals surface area contributed by atoms with Crippen molar-refractivity contribution >= 4 is 29.4 Å². The number of esters is 1. The molecule has 6 nitrogen and oxygen atoms in total. The van der Waals surface area contributed by atoms with Crippen molar-refractivity contribution in [3.8, 4) is 0 Å². The van der Waals surface area contributed by atoms with Gasteiger partial charge in [0.2, 0.25) is 0 Å². The van der Waals surface area contributed by atoms with Crippen LogP contribution in [0.4, 0.5) is 0 Å². The molecule has 2 N–H and O–H groups in total. The van der Waals surface area contributed by atoms with Crippen molar-refractivity contribution in [2.24, 2.45) is 0 Å². The van der Waals surface area contributed by atoms with Crippen LogP contribution >= 0.6 is 11.6 Å². The number of carbonyl (C=O) groups excluding carboxylic acids is 3. The Bertz CT molecular complexity index is 568. The minimum absolute atomic E-state index is 0.186. The second kappa shape index (κ2) is 8.53. The highest BCUT2D eigenvalue weighted by Gasteiger charge is 2.18. The fourth-order valence-electron chi connectivity index (χ4n) is 2.39. The maximum absolute atomic E-state index is 11.8. The second-order valence-corrected chi connectivity index (χ2v) is 5.84. The van der Waals surface area contributed by atoms with Gasteiger partial charge in [-0.05, 0) is 37.1 Å². The summed E-state index contributed by atoms with van der Waals surface area (Å²) in [7, 11) is 0. The number of hydrogen-bond donors (Lipinski definition) is 2. The molecule has 0 atom stereocenters. The monoisotopic (exact) mass is 338 g/mol. The Morgan fingerprint density at radius 3 is 2.43 bits per heavy atom. The van der Waals surface area contributed by atoms with Gasteiger partial charge in [-0.1, -0.05) is 24.4 Å². The predicted octanol–water partition coefficient (Wildman–Crippen LogP) is 1.67. The third kappa shape index (κ3) is 5.90. The van der Waals surface area contributed by atoms with E-state index in [1.807, 2.05) is 0 Å². The molecule has 1 aliphatic rings. The molecule has 1 aliphatic carbocycles. The summed E-state index contributed by atoms with van der Waals surface area (Å²) in [6, 6.07) is 6.46. The topological polar surface area (TPSA) is 84.5 Å². The molecule has 1 saturated carbocycles. The average Bonchev–Trinajstić information content (AvgIpc) is 3.04. The summed E-state index contributed by atoms with van der Waals surface area (Å²) in [5, 5.41) is 5.76. The first kappa shape index (κ1) is 17.3. The van der Waals surface area contributed by atoms with Gasteiger partial charge >= 0.3 is 5.97 Å². The van der Waals surface area contributed by atoms with E-state index in [4.69, 9.17) is 16.3 Å². The van der Waals surface area contributed by atoms with Crippen molar-refractivity contribution in [2.45, 2.75) is 31.7 Å². The Morgan fingerprint density at radius 2 is 1.78 bits per heavy atom. The summed E-state index contributed by atoms with van der Waals surface area (Å²) in [6.45, 7) is -0.621. The molecule has 0 heterocycles. The maximum atomic E-state index is 11.8. The third-order valence-corrected chi connectivity index (χ3v) is 3.84. The van der Waals surface area contributed by atoms with Gasteiger partial charge in [-0.25, -0.2) is 0 Å². The zero-order valence-electron chi connectivity index (χ0n) is 12.6. The van der Waals surface area contributed by atoms with Gasteiger partial charge in [0.25, 0.3) is 11.8 Å². The molecule has 0 unspecified atom stereocenters. The SMILES string of the molecule is O=C(COC(=O)CNC(=O)c1ccc(Cl)cc1)NC1CCCC1. The molecule has 2 amide bonds. The van der Waals surface area contributed by atoms with Gasteiger partial charge in [-0.2, -0.15) is 0 Å². The second-order valence-electron chi connectivity index (χ2n) is 5.40. The Kier molecular flexibility index (Phi) is 6.40. The van der Waals surface area contributed by atoms with Gasteiger partial charge in [0.1, 0.15) is 6.54 Å². The zero-order valence-corrected chi connectivity index (χ0v) is 13.4. The summed E-state index contributed by atoms with van der Waals surface area (Å²) in [4.78, 5) is 34.9. The molecule has 1 fully saturated rings. The van der Waals surface area contributed by atoms with Crippen LogP contribution in [0.3, 0.4) is 0 Å². The van der Waals surface area contributed by atoms with E-state index in [1.54, 1.807) is 24.3 Å². The number of benzene rings is 1. The van der Waals surface area contributed by atoms with E-state index in [9.17, 15) is 14.4 Å². The lowest BCUT2D eigenvalue weighted by molar-refractivity contribution is -0.147. The zero-order chi connectivity index (χ0) is 16.7. The summed E-state index contributed by atoms with van der Waals surface area (Å²) in [6.07, 6.45) is 4.16. The Labute approximate surface area is 139 Å². The normalized spacial score (nSPS) is 14.3. The number of rotatable bonds is 6. The fourth-order valence-corrected chi connectivity index (χ4v) is 2.52. The molecule has 1 aromatic rings. The Balaban J connectivity index is 1.65. The number of nitrogens with one attached hydrogen (secondary N) is 2. The summed E-state index contributed by atoms with van der Waals surface area (Å²) in [5.41, 5.74) is 0.390. The van der Waals surface area contributed by atoms with E-state index in [2.05, 4.69) is 10.6 Å². The van der Waals surface area contributed by atoms with Gasteiger partial charge in [0.15, 0.2) is 6.61 Å². The predicted molar refractivity (Wildman–Crippen MR) is 85.1 cm³/mol. The summed E-state index contributed by atoms with van der Waals surface area (Å²) in [5.74, 6) is -1.38. The minimum Gasteiger partial charge on any atom is -0.454 e. The van der Waals surface area contributed by atoms with Crippen LogP contribution in [-0.4, -0.2) is 37.0 Å². The number of ether oxygens (including phenoxy) is 1. The first-order chi connectivity index (χ1) is 11.0. The average molecular weight is 339 g/mol. The van der Waals surface area contributed by atoms with Crippen LogP contribution in [0.1, 0.15) is 36.0 Å². The number of halogens is 1. The highest BCUT2D eigenvalue weighted by molar-refractivity contribution is 6.30. The van der Waals surface area contributed by atoms with Crippen LogP contribution in [0, 0.1) is 0 Å². The third-order valence-electron chi connectivity index (χ3n) is 3.58. The molecular weight excluding hydrogens is 320 g/mol. The van der Waals surface area contributed by atoms with Crippen molar-refractivity contribution in [2.75, 3.05) is 13.2 Å². The van der Waals surface area contributed by atoms with Crippen molar-refractivity contribution in [1.82, 2.24) is 10.6 Å². The molecule has 124 valence electrons. The largest absolute Gasteiger partial charge is 0.454 e. The lowest BCUT2D eigenvalue weighted by atomic mass is 10.2. The molecule has 7 heteroatoms. The van der Waals surface area contributed by atoms with Crippen LogP contribution < -0.4 is 10.6 Å². The summed E-state index contributed by atoms with van der Waals surface area (Å²) < 4.78 is 4.83. The number of carbonyl (C=O) groups is 3. The molecule has 0 spiro atoms. The van der Waals surface area contributed by atoms with Crippen LogP contribution in [0.15, 0.2) is 24.3 Å². The number of amides is 2. The lowest BCUT2D eigenvalue weighted by Crippen LogP contribution is -2.37. The van der Waals surface area contributed by atoms with Crippen LogP contribution in [-0.2, 0) is 14.3 Å². The molecule has 23 heavy (non-hydrogen) atoms. The van der Waals surface area contributed by atoms with Crippen LogP contribution in [0.2, 0.25) is 5.02 Å². The molecule has 2 rings (SSSR count).